The van der Waals surface area contributed by atoms with Crippen molar-refractivity contribution in [3.8, 4) is 50.6 Å². The molecule has 0 saturated heterocycles. The molecule has 15 rings (SSSR count). The second kappa shape index (κ2) is 28.3. The summed E-state index contributed by atoms with van der Waals surface area (Å²) in [5.74, 6) is -0.417. The molecule has 6 aliphatic rings. The van der Waals surface area contributed by atoms with E-state index < -0.39 is 53.5 Å². The van der Waals surface area contributed by atoms with Gasteiger partial charge in [-0.1, -0.05) is 91.0 Å². The van der Waals surface area contributed by atoms with E-state index in [0.29, 0.717) is 124 Å². The zero-order chi connectivity index (χ0) is 71.8. The fraction of sp³-hybridized carbons (Fsp3) is 0.208. The zero-order valence-electron chi connectivity index (χ0n) is 53.9. The second-order valence-electron chi connectivity index (χ2n) is 23.7. The monoisotopic (exact) mass is 1420 g/mol. The SMILES string of the molecule is NC1=NC(c2ccc(OC(F)(F)F)cc2)(c2cccc(-c3cccnc3F)c2)C2=NCCCN12.NC1=N[C@@](c2ccc(OC(F)(F)F)cc2)(c2cccc(-c3cccnc3F)c2)C2=NCCCN12.NC1=N[C@](c2ccc(OC(F)(F)F)cc2)(c2cccc(-c3cccnc3F)c2)C2=NCCCN12.[B]. The van der Waals surface area contributed by atoms with Crippen molar-refractivity contribution in [3.63, 3.8) is 0 Å². The summed E-state index contributed by atoms with van der Waals surface area (Å²) in [4.78, 5) is 45.0. The average molecular weight is 1420 g/mol. The Morgan fingerprint density at radius 2 is 0.602 bits per heavy atom. The number of aliphatic imine (C=N–C) groups is 6. The minimum atomic E-state index is -4.80. The van der Waals surface area contributed by atoms with Gasteiger partial charge < -0.3 is 31.4 Å². The lowest BCUT2D eigenvalue weighted by molar-refractivity contribution is -0.275. The van der Waals surface area contributed by atoms with Gasteiger partial charge in [0.05, 0.1) is 0 Å². The van der Waals surface area contributed by atoms with Crippen molar-refractivity contribution in [1.82, 2.24) is 29.7 Å². The molecule has 0 bridgehead atoms. The molecule has 103 heavy (non-hydrogen) atoms. The van der Waals surface area contributed by atoms with Crippen molar-refractivity contribution in [2.45, 2.75) is 55.0 Å². The number of guanidine groups is 3. The predicted octanol–water partition coefficient (Wildman–Crippen LogP) is 13.0. The van der Waals surface area contributed by atoms with E-state index in [4.69, 9.17) is 47.2 Å². The molecule has 6 aromatic carbocycles. The van der Waals surface area contributed by atoms with Crippen LogP contribution in [0.4, 0.5) is 52.7 Å². The number of fused-ring (bicyclic) bond motifs is 3. The standard InChI is InChI=1S/3C24H19F4N5O.B/c3*25-20-19(6-2-11-30-20)15-4-1-5-17(14-15)23(21-31-12-3-13-33(21)22(29)32-23)16-7-9-18(10-8-16)34-24(26,27)28;/h3*1-2,4-11,14H,3,12-13H2,(H2,29,32);/t2*23-;;/m10../s1. The number of nitrogens with two attached hydrogens (primary N) is 3. The van der Waals surface area contributed by atoms with Gasteiger partial charge in [-0.15, -0.1) is 39.5 Å². The molecule has 0 aliphatic carbocycles. The first kappa shape index (κ1) is 71.1. The molecule has 31 heteroatoms. The van der Waals surface area contributed by atoms with Crippen molar-refractivity contribution in [2.75, 3.05) is 39.3 Å². The molecule has 1 unspecified atom stereocenters. The Hall–Kier alpha value is -11.8. The summed E-state index contributed by atoms with van der Waals surface area (Å²) < 4.78 is 169. The minimum absolute atomic E-state index is 0. The average Bonchev–Trinajstić information content (AvgIpc) is 1.61. The van der Waals surface area contributed by atoms with Crippen LogP contribution in [0.25, 0.3) is 33.4 Å². The Balaban J connectivity index is 0.000000145. The van der Waals surface area contributed by atoms with E-state index in [0.717, 1.165) is 19.3 Å². The maximum atomic E-state index is 14.4. The summed E-state index contributed by atoms with van der Waals surface area (Å²) in [6.45, 7) is 3.51. The first-order valence-corrected chi connectivity index (χ1v) is 31.6. The fourth-order valence-corrected chi connectivity index (χ4v) is 13.2. The van der Waals surface area contributed by atoms with E-state index in [2.05, 4.69) is 29.2 Å². The number of rotatable bonds is 12. The van der Waals surface area contributed by atoms with Crippen LogP contribution in [0.1, 0.15) is 52.6 Å². The molecule has 3 radical (unpaired) electrons. The second-order valence-corrected chi connectivity index (χ2v) is 23.7. The maximum absolute atomic E-state index is 14.4. The van der Waals surface area contributed by atoms with Crippen LogP contribution in [0.2, 0.25) is 0 Å². The van der Waals surface area contributed by atoms with Gasteiger partial charge in [-0.2, -0.15) is 13.2 Å². The molecule has 0 saturated carbocycles. The molecular formula is C72H57BF12N15O3. The minimum Gasteiger partial charge on any atom is -0.406 e. The van der Waals surface area contributed by atoms with Crippen LogP contribution in [0.5, 0.6) is 17.2 Å². The van der Waals surface area contributed by atoms with Gasteiger partial charge in [0.2, 0.25) is 17.8 Å². The summed E-state index contributed by atoms with van der Waals surface area (Å²) in [6, 6.07) is 47.5. The van der Waals surface area contributed by atoms with E-state index in [1.54, 1.807) is 106 Å². The summed E-state index contributed by atoms with van der Waals surface area (Å²) in [6.07, 6.45) is -7.95. The smallest absolute Gasteiger partial charge is 0.406 e. The Morgan fingerprint density at radius 3 is 0.845 bits per heavy atom. The van der Waals surface area contributed by atoms with Gasteiger partial charge in [-0.05, 0) is 160 Å². The number of aromatic nitrogens is 3. The fourth-order valence-electron chi connectivity index (χ4n) is 13.2. The quantitative estimate of drug-likeness (QED) is 0.0589. The first-order valence-electron chi connectivity index (χ1n) is 31.6. The van der Waals surface area contributed by atoms with E-state index in [1.807, 2.05) is 18.2 Å². The molecule has 3 atom stereocenters. The number of nitrogens with zero attached hydrogens (tertiary/aromatic N) is 12. The third kappa shape index (κ3) is 14.2. The van der Waals surface area contributed by atoms with Gasteiger partial charge in [0.25, 0.3) is 0 Å². The summed E-state index contributed by atoms with van der Waals surface area (Å²) in [5.41, 5.74) is 21.4. The van der Waals surface area contributed by atoms with Crippen LogP contribution in [0, 0.1) is 17.8 Å². The molecule has 9 aromatic rings. The first-order chi connectivity index (χ1) is 48.8. The Labute approximate surface area is 582 Å². The summed E-state index contributed by atoms with van der Waals surface area (Å²) in [5, 5.41) is 0. The number of alkyl halides is 9. The molecule has 0 fully saturated rings. The number of amidine groups is 3. The van der Waals surface area contributed by atoms with Crippen LogP contribution >= 0.6 is 0 Å². The molecule has 9 heterocycles. The molecule has 6 N–H and O–H groups in total. The lowest BCUT2D eigenvalue weighted by atomic mass is 9.81. The van der Waals surface area contributed by atoms with Crippen LogP contribution in [0.3, 0.4) is 0 Å². The highest BCUT2D eigenvalue weighted by molar-refractivity contribution is 6.14. The largest absolute Gasteiger partial charge is 0.573 e. The van der Waals surface area contributed by atoms with Crippen LogP contribution in [-0.2, 0) is 16.6 Å². The van der Waals surface area contributed by atoms with E-state index in [1.165, 1.54) is 91.4 Å². The number of pyridine rings is 3. The molecule has 0 amide bonds. The summed E-state index contributed by atoms with van der Waals surface area (Å²) in [7, 11) is 0. The molecule has 6 aliphatic heterocycles. The van der Waals surface area contributed by atoms with Gasteiger partial charge in [0.1, 0.15) is 34.8 Å². The highest BCUT2D eigenvalue weighted by atomic mass is 19.4. The number of hydrogen-bond acceptors (Lipinski definition) is 18. The Bertz CT molecular complexity index is 4350. The number of hydrogen-bond donors (Lipinski definition) is 3. The predicted molar refractivity (Wildman–Crippen MR) is 362 cm³/mol. The van der Waals surface area contributed by atoms with Gasteiger partial charge in [0, 0.05) is 83.0 Å². The highest BCUT2D eigenvalue weighted by Crippen LogP contribution is 2.47. The van der Waals surface area contributed by atoms with Gasteiger partial charge in [-0.3, -0.25) is 29.7 Å². The number of ether oxygens (including phenoxy) is 3. The van der Waals surface area contributed by atoms with Crippen LogP contribution in [-0.4, -0.2) is 132 Å². The lowest BCUT2D eigenvalue weighted by Crippen LogP contribution is -2.46. The zero-order valence-corrected chi connectivity index (χ0v) is 53.9. The van der Waals surface area contributed by atoms with Crippen molar-refractivity contribution in [3.05, 3.63) is 252 Å². The Kier molecular flexibility index (Phi) is 19.5. The van der Waals surface area contributed by atoms with Crippen molar-refractivity contribution >= 4 is 43.8 Å². The molecule has 18 nitrogen and oxygen atoms in total. The highest BCUT2D eigenvalue weighted by Gasteiger charge is 2.52. The summed E-state index contributed by atoms with van der Waals surface area (Å²) >= 11 is 0. The van der Waals surface area contributed by atoms with Crippen LogP contribution in [0.15, 0.2) is 231 Å². The molecular weight excluding hydrogens is 1360 g/mol. The third-order valence-corrected chi connectivity index (χ3v) is 17.4. The Morgan fingerprint density at radius 1 is 0.340 bits per heavy atom. The van der Waals surface area contributed by atoms with E-state index in [-0.39, 0.29) is 43.5 Å². The number of halogens is 12. The molecule has 3 aromatic heterocycles. The molecule has 525 valence electrons. The van der Waals surface area contributed by atoms with Gasteiger partial charge >= 0.3 is 19.1 Å². The topological polar surface area (TPSA) is 228 Å². The lowest BCUT2D eigenvalue weighted by Gasteiger charge is -2.33. The normalized spacial score (nSPS) is 19.7. The maximum Gasteiger partial charge on any atom is 0.573 e. The van der Waals surface area contributed by atoms with Gasteiger partial charge in [0.15, 0.2) is 34.5 Å². The van der Waals surface area contributed by atoms with Crippen molar-refractivity contribution in [2.24, 2.45) is 47.2 Å². The van der Waals surface area contributed by atoms with E-state index >= 15 is 0 Å². The third-order valence-electron chi connectivity index (χ3n) is 17.4. The number of benzene rings is 6. The van der Waals surface area contributed by atoms with Crippen LogP contribution < -0.4 is 31.4 Å². The molecule has 0 spiro atoms. The van der Waals surface area contributed by atoms with E-state index in [9.17, 15) is 52.7 Å². The van der Waals surface area contributed by atoms with Crippen molar-refractivity contribution in [1.29, 1.82) is 0 Å². The van der Waals surface area contributed by atoms with Crippen molar-refractivity contribution < 1.29 is 66.9 Å². The van der Waals surface area contributed by atoms with Gasteiger partial charge in [-0.25, -0.2) is 29.9 Å².